The number of nitrogens with one attached hydrogen (secondary N) is 1. The van der Waals surface area contributed by atoms with Crippen LogP contribution in [0.5, 0.6) is 0 Å². The lowest BCUT2D eigenvalue weighted by molar-refractivity contribution is 0.318. The van der Waals surface area contributed by atoms with Gasteiger partial charge in [0.2, 0.25) is 0 Å². The van der Waals surface area contributed by atoms with Gasteiger partial charge >= 0.3 is 0 Å². The Morgan fingerprint density at radius 1 is 1.18 bits per heavy atom. The fourth-order valence-corrected chi connectivity index (χ4v) is 2.85. The summed E-state index contributed by atoms with van der Waals surface area (Å²) in [5.74, 6) is -0.829. The SMILES string of the molecule is CCNC1CCCCC1c1c(F)cccc1F. The second kappa shape index (κ2) is 5.58. The predicted molar refractivity (Wildman–Crippen MR) is 65.0 cm³/mol. The molecule has 17 heavy (non-hydrogen) atoms. The molecule has 0 bridgehead atoms. The van der Waals surface area contributed by atoms with Gasteiger partial charge in [-0.1, -0.05) is 25.8 Å². The standard InChI is InChI=1S/C14H19F2N/c1-2-17-13-9-4-3-6-10(13)14-11(15)7-5-8-12(14)16/h5,7-8,10,13,17H,2-4,6,9H2,1H3. The Bertz CT molecular complexity index is 356. The van der Waals surface area contributed by atoms with Gasteiger partial charge in [0.1, 0.15) is 11.6 Å². The molecular formula is C14H19F2N. The summed E-state index contributed by atoms with van der Waals surface area (Å²) >= 11 is 0. The number of rotatable bonds is 3. The maximum atomic E-state index is 13.8. The van der Waals surface area contributed by atoms with Gasteiger partial charge < -0.3 is 5.32 Å². The highest BCUT2D eigenvalue weighted by atomic mass is 19.1. The number of hydrogen-bond donors (Lipinski definition) is 1. The molecule has 2 unspecified atom stereocenters. The lowest BCUT2D eigenvalue weighted by Gasteiger charge is -2.32. The van der Waals surface area contributed by atoms with Crippen LogP contribution in [0.2, 0.25) is 0 Å². The smallest absolute Gasteiger partial charge is 0.129 e. The molecule has 1 aliphatic carbocycles. The fraction of sp³-hybridized carbons (Fsp3) is 0.571. The largest absolute Gasteiger partial charge is 0.314 e. The highest BCUT2D eigenvalue weighted by Gasteiger charge is 2.29. The second-order valence-electron chi connectivity index (χ2n) is 4.69. The minimum Gasteiger partial charge on any atom is -0.314 e. The van der Waals surface area contributed by atoms with Crippen LogP contribution in [0, 0.1) is 11.6 Å². The van der Waals surface area contributed by atoms with E-state index in [1.54, 1.807) is 0 Å². The molecule has 0 radical (unpaired) electrons. The number of likely N-dealkylation sites (N-methyl/N-ethyl adjacent to an activating group) is 1. The first-order valence-corrected chi connectivity index (χ1v) is 6.41. The normalized spacial score (nSPS) is 24.9. The van der Waals surface area contributed by atoms with E-state index in [0.717, 1.165) is 32.2 Å². The van der Waals surface area contributed by atoms with Crippen molar-refractivity contribution < 1.29 is 8.78 Å². The van der Waals surface area contributed by atoms with Gasteiger partial charge in [-0.2, -0.15) is 0 Å². The molecule has 0 spiro atoms. The molecule has 1 aromatic rings. The third-order valence-corrected chi connectivity index (χ3v) is 3.60. The van der Waals surface area contributed by atoms with Crippen LogP contribution >= 0.6 is 0 Å². The van der Waals surface area contributed by atoms with Gasteiger partial charge in [-0.15, -0.1) is 0 Å². The van der Waals surface area contributed by atoms with Crippen LogP contribution in [-0.4, -0.2) is 12.6 Å². The maximum absolute atomic E-state index is 13.8. The number of benzene rings is 1. The molecule has 1 aliphatic rings. The highest BCUT2D eigenvalue weighted by Crippen LogP contribution is 2.35. The van der Waals surface area contributed by atoms with E-state index in [4.69, 9.17) is 0 Å². The Morgan fingerprint density at radius 3 is 2.47 bits per heavy atom. The molecule has 3 heteroatoms. The minimum absolute atomic E-state index is 0.0232. The van der Waals surface area contributed by atoms with E-state index < -0.39 is 11.6 Å². The van der Waals surface area contributed by atoms with Crippen molar-refractivity contribution in [3.63, 3.8) is 0 Å². The first kappa shape index (κ1) is 12.5. The molecule has 0 amide bonds. The van der Waals surface area contributed by atoms with Crippen molar-refractivity contribution in [2.45, 2.75) is 44.6 Å². The molecule has 0 saturated heterocycles. The third-order valence-electron chi connectivity index (χ3n) is 3.60. The lowest BCUT2D eigenvalue weighted by atomic mass is 9.79. The summed E-state index contributed by atoms with van der Waals surface area (Å²) in [5, 5.41) is 3.35. The molecule has 2 rings (SSSR count). The van der Waals surface area contributed by atoms with Crippen molar-refractivity contribution in [3.05, 3.63) is 35.4 Å². The van der Waals surface area contributed by atoms with Gasteiger partial charge in [0.25, 0.3) is 0 Å². The van der Waals surface area contributed by atoms with Crippen molar-refractivity contribution in [3.8, 4) is 0 Å². The molecule has 1 N–H and O–H groups in total. The fourth-order valence-electron chi connectivity index (χ4n) is 2.85. The maximum Gasteiger partial charge on any atom is 0.129 e. The van der Waals surface area contributed by atoms with E-state index in [2.05, 4.69) is 5.32 Å². The Labute approximate surface area is 101 Å². The second-order valence-corrected chi connectivity index (χ2v) is 4.69. The molecular weight excluding hydrogens is 220 g/mol. The molecule has 0 aliphatic heterocycles. The predicted octanol–water partition coefficient (Wildman–Crippen LogP) is 3.60. The van der Waals surface area contributed by atoms with Crippen molar-refractivity contribution in [1.29, 1.82) is 0 Å². The Balaban J connectivity index is 2.29. The molecule has 2 atom stereocenters. The van der Waals surface area contributed by atoms with Crippen LogP contribution < -0.4 is 5.32 Å². The lowest BCUT2D eigenvalue weighted by Crippen LogP contribution is -2.37. The average Bonchev–Trinajstić information content (AvgIpc) is 2.31. The van der Waals surface area contributed by atoms with Crippen LogP contribution in [0.4, 0.5) is 8.78 Å². The van der Waals surface area contributed by atoms with Gasteiger partial charge in [0, 0.05) is 17.5 Å². The molecule has 0 aromatic heterocycles. The first-order valence-electron chi connectivity index (χ1n) is 6.41. The minimum atomic E-state index is -0.403. The summed E-state index contributed by atoms with van der Waals surface area (Å²) in [6, 6.07) is 4.35. The van der Waals surface area contributed by atoms with E-state index in [9.17, 15) is 8.78 Å². The zero-order chi connectivity index (χ0) is 12.3. The molecule has 1 fully saturated rings. The Morgan fingerprint density at radius 2 is 1.82 bits per heavy atom. The van der Waals surface area contributed by atoms with Crippen molar-refractivity contribution in [1.82, 2.24) is 5.32 Å². The first-order chi connectivity index (χ1) is 8.24. The van der Waals surface area contributed by atoms with Gasteiger partial charge in [0.05, 0.1) is 0 Å². The molecule has 1 nitrogen and oxygen atoms in total. The van der Waals surface area contributed by atoms with Crippen LogP contribution in [0.15, 0.2) is 18.2 Å². The monoisotopic (exact) mass is 239 g/mol. The summed E-state index contributed by atoms with van der Waals surface area (Å²) in [6.45, 7) is 2.88. The van der Waals surface area contributed by atoms with Crippen LogP contribution in [0.3, 0.4) is 0 Å². The highest BCUT2D eigenvalue weighted by molar-refractivity contribution is 5.26. The molecule has 1 saturated carbocycles. The van der Waals surface area contributed by atoms with Gasteiger partial charge in [-0.3, -0.25) is 0 Å². The van der Waals surface area contributed by atoms with Crippen molar-refractivity contribution in [2.24, 2.45) is 0 Å². The molecule has 94 valence electrons. The van der Waals surface area contributed by atoms with Gasteiger partial charge in [-0.05, 0) is 31.5 Å². The summed E-state index contributed by atoms with van der Waals surface area (Å²) in [7, 11) is 0. The van der Waals surface area contributed by atoms with E-state index in [0.29, 0.717) is 0 Å². The van der Waals surface area contributed by atoms with Gasteiger partial charge in [0.15, 0.2) is 0 Å². The molecule has 0 heterocycles. The van der Waals surface area contributed by atoms with Crippen LogP contribution in [0.1, 0.15) is 44.1 Å². The zero-order valence-corrected chi connectivity index (χ0v) is 10.2. The van der Waals surface area contributed by atoms with Crippen molar-refractivity contribution in [2.75, 3.05) is 6.54 Å². The van der Waals surface area contributed by atoms with E-state index in [-0.39, 0.29) is 17.5 Å². The van der Waals surface area contributed by atoms with Crippen molar-refractivity contribution >= 4 is 0 Å². The number of hydrogen-bond acceptors (Lipinski definition) is 1. The quantitative estimate of drug-likeness (QED) is 0.849. The Hall–Kier alpha value is -0.960. The summed E-state index contributed by atoms with van der Waals surface area (Å²) in [4.78, 5) is 0. The van der Waals surface area contributed by atoms with Crippen LogP contribution in [-0.2, 0) is 0 Å². The van der Waals surface area contributed by atoms with E-state index in [1.807, 2.05) is 6.92 Å². The van der Waals surface area contributed by atoms with Gasteiger partial charge in [-0.25, -0.2) is 8.78 Å². The Kier molecular flexibility index (Phi) is 4.11. The van der Waals surface area contributed by atoms with E-state index in [1.165, 1.54) is 18.2 Å². The topological polar surface area (TPSA) is 12.0 Å². The summed E-state index contributed by atoms with van der Waals surface area (Å²) in [5.41, 5.74) is 0.276. The summed E-state index contributed by atoms with van der Waals surface area (Å²) < 4.78 is 27.6. The van der Waals surface area contributed by atoms with E-state index >= 15 is 0 Å². The number of halogens is 2. The molecule has 1 aromatic carbocycles. The zero-order valence-electron chi connectivity index (χ0n) is 10.2. The van der Waals surface area contributed by atoms with Crippen LogP contribution in [0.25, 0.3) is 0 Å². The third kappa shape index (κ3) is 2.65. The average molecular weight is 239 g/mol. The summed E-state index contributed by atoms with van der Waals surface area (Å²) in [6.07, 6.45) is 4.08.